The Kier molecular flexibility index (Phi) is 1.69. The van der Waals surface area contributed by atoms with E-state index in [0.29, 0.717) is 12.2 Å². The number of aromatic nitrogens is 1. The van der Waals surface area contributed by atoms with E-state index in [1.165, 1.54) is 10.8 Å². The number of carbonyl (C=O) groups excluding carboxylic acids is 1. The highest BCUT2D eigenvalue weighted by Crippen LogP contribution is 2.34. The molecule has 1 aliphatic heterocycles. The molecule has 4 rings (SSSR count). The number of hydrogen-bond donors (Lipinski definition) is 1. The van der Waals surface area contributed by atoms with Crippen molar-refractivity contribution in [3.05, 3.63) is 47.0 Å². The number of hydrogen-bond acceptors (Lipinski definition) is 2. The van der Waals surface area contributed by atoms with Gasteiger partial charge in [-0.3, -0.25) is 0 Å². The van der Waals surface area contributed by atoms with E-state index in [0.717, 1.165) is 22.2 Å². The van der Waals surface area contributed by atoms with Crippen LogP contribution in [0.25, 0.3) is 21.8 Å². The third-order valence-electron chi connectivity index (χ3n) is 3.74. The first-order chi connectivity index (χ1) is 8.75. The van der Waals surface area contributed by atoms with Crippen molar-refractivity contribution < 1.29 is 9.53 Å². The Morgan fingerprint density at radius 2 is 2.06 bits per heavy atom. The van der Waals surface area contributed by atoms with E-state index in [4.69, 9.17) is 4.74 Å². The van der Waals surface area contributed by atoms with Crippen molar-refractivity contribution >= 4 is 27.8 Å². The van der Waals surface area contributed by atoms with Gasteiger partial charge in [-0.2, -0.15) is 0 Å². The SMILES string of the molecule is Cc1c2c(cc3[nH]c4ccccc4c13)C(=O)OC2. The topological polar surface area (TPSA) is 42.1 Å². The molecule has 0 spiro atoms. The van der Waals surface area contributed by atoms with Crippen LogP contribution in [-0.2, 0) is 11.3 Å². The fourth-order valence-corrected chi connectivity index (χ4v) is 2.84. The molecule has 1 aromatic heterocycles. The van der Waals surface area contributed by atoms with Crippen molar-refractivity contribution in [3.63, 3.8) is 0 Å². The maximum atomic E-state index is 11.6. The average molecular weight is 237 g/mol. The number of ether oxygens (including phenoxy) is 1. The molecule has 0 aliphatic carbocycles. The second kappa shape index (κ2) is 3.13. The fraction of sp³-hybridized carbons (Fsp3) is 0.133. The molecule has 0 amide bonds. The van der Waals surface area contributed by atoms with Crippen LogP contribution in [0.1, 0.15) is 21.5 Å². The zero-order chi connectivity index (χ0) is 12.3. The number of aromatic amines is 1. The standard InChI is InChI=1S/C15H11NO2/c1-8-11-7-18-15(17)10(11)6-13-14(8)9-4-2-3-5-12(9)16-13/h2-6,16H,7H2,1H3. The molecular formula is C15H11NO2. The van der Waals surface area contributed by atoms with E-state index in [1.54, 1.807) is 0 Å². The van der Waals surface area contributed by atoms with Gasteiger partial charge < -0.3 is 9.72 Å². The maximum absolute atomic E-state index is 11.6. The molecule has 3 nitrogen and oxygen atoms in total. The fourth-order valence-electron chi connectivity index (χ4n) is 2.84. The highest BCUT2D eigenvalue weighted by atomic mass is 16.5. The molecule has 2 aromatic carbocycles. The van der Waals surface area contributed by atoms with Crippen LogP contribution >= 0.6 is 0 Å². The number of fused-ring (bicyclic) bond motifs is 4. The molecule has 88 valence electrons. The molecule has 0 saturated heterocycles. The van der Waals surface area contributed by atoms with Crippen molar-refractivity contribution in [1.29, 1.82) is 0 Å². The van der Waals surface area contributed by atoms with Crippen LogP contribution in [0.15, 0.2) is 30.3 Å². The Morgan fingerprint density at radius 1 is 1.22 bits per heavy atom. The molecule has 0 unspecified atom stereocenters. The number of benzene rings is 2. The summed E-state index contributed by atoms with van der Waals surface area (Å²) < 4.78 is 5.10. The van der Waals surface area contributed by atoms with Crippen molar-refractivity contribution in [2.45, 2.75) is 13.5 Å². The van der Waals surface area contributed by atoms with Crippen molar-refractivity contribution in [2.24, 2.45) is 0 Å². The molecule has 18 heavy (non-hydrogen) atoms. The lowest BCUT2D eigenvalue weighted by molar-refractivity contribution is 0.0535. The lowest BCUT2D eigenvalue weighted by Crippen LogP contribution is -1.94. The molecule has 0 atom stereocenters. The molecule has 1 aliphatic rings. The Hall–Kier alpha value is -2.29. The van der Waals surface area contributed by atoms with Gasteiger partial charge in [0.1, 0.15) is 6.61 Å². The van der Waals surface area contributed by atoms with Gasteiger partial charge in [-0.15, -0.1) is 0 Å². The Labute approximate surface area is 103 Å². The minimum Gasteiger partial charge on any atom is -0.457 e. The van der Waals surface area contributed by atoms with E-state index in [2.05, 4.69) is 24.0 Å². The van der Waals surface area contributed by atoms with Crippen molar-refractivity contribution in [3.8, 4) is 0 Å². The van der Waals surface area contributed by atoms with Crippen molar-refractivity contribution in [1.82, 2.24) is 4.98 Å². The second-order valence-corrected chi connectivity index (χ2v) is 4.70. The summed E-state index contributed by atoms with van der Waals surface area (Å²) in [6.45, 7) is 2.46. The zero-order valence-electron chi connectivity index (χ0n) is 9.91. The molecule has 0 fully saturated rings. The monoisotopic (exact) mass is 237 g/mol. The van der Waals surface area contributed by atoms with Crippen LogP contribution in [0, 0.1) is 6.92 Å². The minimum atomic E-state index is -0.214. The number of nitrogens with one attached hydrogen (secondary N) is 1. The predicted octanol–water partition coefficient (Wildman–Crippen LogP) is 3.30. The van der Waals surface area contributed by atoms with Crippen LogP contribution in [0.4, 0.5) is 0 Å². The molecular weight excluding hydrogens is 226 g/mol. The van der Waals surface area contributed by atoms with E-state index in [1.807, 2.05) is 18.2 Å². The Balaban J connectivity index is 2.24. The summed E-state index contributed by atoms with van der Waals surface area (Å²) in [5, 5.41) is 2.40. The second-order valence-electron chi connectivity index (χ2n) is 4.70. The summed E-state index contributed by atoms with van der Waals surface area (Å²) in [4.78, 5) is 15.0. The highest BCUT2D eigenvalue weighted by Gasteiger charge is 2.25. The largest absolute Gasteiger partial charge is 0.457 e. The van der Waals surface area contributed by atoms with Gasteiger partial charge in [-0.25, -0.2) is 4.79 Å². The molecule has 0 radical (unpaired) electrons. The van der Waals surface area contributed by atoms with Gasteiger partial charge in [0.2, 0.25) is 0 Å². The third-order valence-corrected chi connectivity index (χ3v) is 3.74. The summed E-state index contributed by atoms with van der Waals surface area (Å²) in [5.41, 5.74) is 4.98. The lowest BCUT2D eigenvalue weighted by Gasteiger charge is -2.02. The number of esters is 1. The van der Waals surface area contributed by atoms with Gasteiger partial charge >= 0.3 is 5.97 Å². The van der Waals surface area contributed by atoms with Crippen molar-refractivity contribution in [2.75, 3.05) is 0 Å². The summed E-state index contributed by atoms with van der Waals surface area (Å²) in [7, 11) is 0. The van der Waals surface area contributed by atoms with Crippen LogP contribution in [0.3, 0.4) is 0 Å². The van der Waals surface area contributed by atoms with E-state index >= 15 is 0 Å². The Morgan fingerprint density at radius 3 is 2.94 bits per heavy atom. The lowest BCUT2D eigenvalue weighted by atomic mass is 9.98. The van der Waals surface area contributed by atoms with Gasteiger partial charge in [0.05, 0.1) is 5.56 Å². The van der Waals surface area contributed by atoms with Crippen LogP contribution in [0.5, 0.6) is 0 Å². The molecule has 1 N–H and O–H groups in total. The number of carbonyl (C=O) groups is 1. The van der Waals surface area contributed by atoms with Crippen LogP contribution in [-0.4, -0.2) is 11.0 Å². The average Bonchev–Trinajstić information content (AvgIpc) is 2.92. The molecule has 2 heterocycles. The van der Waals surface area contributed by atoms with Gasteiger partial charge in [-0.1, -0.05) is 18.2 Å². The quantitative estimate of drug-likeness (QED) is 0.609. The number of aryl methyl sites for hydroxylation is 1. The first-order valence-electron chi connectivity index (χ1n) is 5.96. The van der Waals surface area contributed by atoms with E-state index < -0.39 is 0 Å². The minimum absolute atomic E-state index is 0.214. The first-order valence-corrected chi connectivity index (χ1v) is 5.96. The van der Waals surface area contributed by atoms with Gasteiger partial charge in [-0.05, 0) is 24.6 Å². The summed E-state index contributed by atoms with van der Waals surface area (Å²) in [5.74, 6) is -0.214. The molecule has 3 heteroatoms. The molecule has 0 saturated carbocycles. The number of cyclic esters (lactones) is 1. The number of rotatable bonds is 0. The zero-order valence-corrected chi connectivity index (χ0v) is 9.91. The highest BCUT2D eigenvalue weighted by molar-refractivity contribution is 6.12. The van der Waals surface area contributed by atoms with Crippen LogP contribution in [0.2, 0.25) is 0 Å². The smallest absolute Gasteiger partial charge is 0.338 e. The molecule has 3 aromatic rings. The number of para-hydroxylation sites is 1. The molecule has 0 bridgehead atoms. The van der Waals surface area contributed by atoms with E-state index in [-0.39, 0.29) is 5.97 Å². The predicted molar refractivity (Wildman–Crippen MR) is 69.7 cm³/mol. The Bertz CT molecular complexity index is 814. The van der Waals surface area contributed by atoms with E-state index in [9.17, 15) is 4.79 Å². The van der Waals surface area contributed by atoms with Gasteiger partial charge in [0, 0.05) is 27.4 Å². The summed E-state index contributed by atoms with van der Waals surface area (Å²) >= 11 is 0. The van der Waals surface area contributed by atoms with Gasteiger partial charge in [0.25, 0.3) is 0 Å². The normalized spacial score (nSPS) is 14.2. The third kappa shape index (κ3) is 1.06. The van der Waals surface area contributed by atoms with Crippen LogP contribution < -0.4 is 0 Å². The summed E-state index contributed by atoms with van der Waals surface area (Å²) in [6.07, 6.45) is 0. The first kappa shape index (κ1) is 9.71. The number of H-pyrrole nitrogens is 1. The maximum Gasteiger partial charge on any atom is 0.338 e. The summed E-state index contributed by atoms with van der Waals surface area (Å²) in [6, 6.07) is 10.1. The van der Waals surface area contributed by atoms with Gasteiger partial charge in [0.15, 0.2) is 0 Å².